The zero-order chi connectivity index (χ0) is 11.1. The van der Waals surface area contributed by atoms with E-state index in [9.17, 15) is 0 Å². The second-order valence-corrected chi connectivity index (χ2v) is 6.06. The Balaban J connectivity index is 1.55. The zero-order valence-corrected chi connectivity index (χ0v) is 10.1. The highest BCUT2D eigenvalue weighted by Crippen LogP contribution is 2.70. The molecule has 5 atom stereocenters. The molecule has 0 radical (unpaired) electrons. The molecular weight excluding hydrogens is 196 g/mol. The molecule has 3 rings (SSSR count). The van der Waals surface area contributed by atoms with Crippen molar-refractivity contribution in [1.29, 1.82) is 0 Å². The Kier molecular flexibility index (Phi) is 2.80. The van der Waals surface area contributed by atoms with E-state index in [4.69, 9.17) is 5.84 Å². The third-order valence-electron chi connectivity index (χ3n) is 5.40. The molecule has 16 heavy (non-hydrogen) atoms. The van der Waals surface area contributed by atoms with Crippen molar-refractivity contribution in [2.24, 2.45) is 35.4 Å². The molecule has 2 heteroatoms. The average molecular weight is 220 g/mol. The van der Waals surface area contributed by atoms with Crippen LogP contribution < -0.4 is 11.3 Å². The highest BCUT2D eigenvalue weighted by molar-refractivity contribution is 5.15. The van der Waals surface area contributed by atoms with Crippen molar-refractivity contribution in [1.82, 2.24) is 5.43 Å². The van der Waals surface area contributed by atoms with Crippen LogP contribution in [0.4, 0.5) is 0 Å². The van der Waals surface area contributed by atoms with Gasteiger partial charge in [-0.15, -0.1) is 6.58 Å². The van der Waals surface area contributed by atoms with Gasteiger partial charge in [-0.2, -0.15) is 0 Å². The summed E-state index contributed by atoms with van der Waals surface area (Å²) in [6.45, 7) is 3.78. The fourth-order valence-corrected chi connectivity index (χ4v) is 4.80. The quantitative estimate of drug-likeness (QED) is 0.312. The first-order chi connectivity index (χ1) is 7.86. The van der Waals surface area contributed by atoms with Gasteiger partial charge >= 0.3 is 0 Å². The molecule has 0 amide bonds. The summed E-state index contributed by atoms with van der Waals surface area (Å²) < 4.78 is 0. The van der Waals surface area contributed by atoms with Crippen molar-refractivity contribution in [3.8, 4) is 0 Å². The Labute approximate surface area is 98.6 Å². The normalized spacial score (nSPS) is 45.4. The molecule has 3 N–H and O–H groups in total. The molecule has 0 aromatic heterocycles. The van der Waals surface area contributed by atoms with Gasteiger partial charge in [0.1, 0.15) is 0 Å². The largest absolute Gasteiger partial charge is 0.271 e. The lowest BCUT2D eigenvalue weighted by molar-refractivity contribution is 0.347. The first-order valence-electron chi connectivity index (χ1n) is 6.94. The monoisotopic (exact) mass is 220 g/mol. The summed E-state index contributed by atoms with van der Waals surface area (Å²) in [6.07, 6.45) is 10.2. The van der Waals surface area contributed by atoms with E-state index >= 15 is 0 Å². The Morgan fingerprint density at radius 1 is 1.31 bits per heavy atom. The molecule has 0 aromatic carbocycles. The molecule has 3 saturated carbocycles. The van der Waals surface area contributed by atoms with Crippen LogP contribution in [-0.4, -0.2) is 6.04 Å². The number of rotatable bonds is 6. The van der Waals surface area contributed by atoms with E-state index in [-0.39, 0.29) is 0 Å². The number of nitrogens with two attached hydrogens (primary N) is 1. The summed E-state index contributed by atoms with van der Waals surface area (Å²) in [5, 5.41) is 0. The number of nitrogens with one attached hydrogen (secondary N) is 1. The lowest BCUT2D eigenvalue weighted by atomic mass is 9.95. The maximum atomic E-state index is 5.73. The highest BCUT2D eigenvalue weighted by atomic mass is 15.2. The topological polar surface area (TPSA) is 38.0 Å². The van der Waals surface area contributed by atoms with E-state index in [0.29, 0.717) is 6.04 Å². The van der Waals surface area contributed by atoms with Gasteiger partial charge in [0.25, 0.3) is 0 Å². The summed E-state index contributed by atoms with van der Waals surface area (Å²) in [7, 11) is 0. The Hall–Kier alpha value is -0.340. The molecule has 3 aliphatic rings. The molecule has 0 aliphatic heterocycles. The Morgan fingerprint density at radius 3 is 2.56 bits per heavy atom. The summed E-state index contributed by atoms with van der Waals surface area (Å²) in [5.74, 6) is 10.9. The van der Waals surface area contributed by atoms with Gasteiger partial charge in [-0.1, -0.05) is 6.08 Å². The molecular formula is C14H24N2. The van der Waals surface area contributed by atoms with Gasteiger partial charge in [0.15, 0.2) is 0 Å². The predicted octanol–water partition coefficient (Wildman–Crippen LogP) is 2.47. The minimum atomic E-state index is 0.582. The lowest BCUT2D eigenvalue weighted by Crippen LogP contribution is -2.38. The minimum absolute atomic E-state index is 0.582. The van der Waals surface area contributed by atoms with Gasteiger partial charge in [0, 0.05) is 6.04 Å². The van der Waals surface area contributed by atoms with Crippen LogP contribution in [0, 0.1) is 29.6 Å². The Bertz CT molecular complexity index is 260. The second kappa shape index (κ2) is 4.15. The van der Waals surface area contributed by atoms with Gasteiger partial charge in [-0.05, 0) is 68.1 Å². The predicted molar refractivity (Wildman–Crippen MR) is 66.5 cm³/mol. The average Bonchev–Trinajstić information content (AvgIpc) is 2.73. The van der Waals surface area contributed by atoms with Crippen LogP contribution in [0.25, 0.3) is 0 Å². The van der Waals surface area contributed by atoms with Crippen LogP contribution in [-0.2, 0) is 0 Å². The van der Waals surface area contributed by atoms with Gasteiger partial charge in [-0.3, -0.25) is 11.3 Å². The van der Waals surface area contributed by atoms with Crippen molar-refractivity contribution in [3.05, 3.63) is 12.7 Å². The van der Waals surface area contributed by atoms with Crippen molar-refractivity contribution in [3.63, 3.8) is 0 Å². The smallest absolute Gasteiger partial charge is 0.0244 e. The number of fused-ring (bicyclic) bond motifs is 5. The maximum Gasteiger partial charge on any atom is 0.0244 e. The van der Waals surface area contributed by atoms with E-state index < -0.39 is 0 Å². The molecule has 3 fully saturated rings. The second-order valence-electron chi connectivity index (χ2n) is 6.06. The third-order valence-corrected chi connectivity index (χ3v) is 5.40. The van der Waals surface area contributed by atoms with Crippen LogP contribution in [0.15, 0.2) is 12.7 Å². The maximum absolute atomic E-state index is 5.73. The highest BCUT2D eigenvalue weighted by Gasteiger charge is 2.66. The van der Waals surface area contributed by atoms with E-state index in [1.54, 1.807) is 0 Å². The van der Waals surface area contributed by atoms with E-state index in [1.165, 1.54) is 32.1 Å². The Morgan fingerprint density at radius 2 is 2.00 bits per heavy atom. The third kappa shape index (κ3) is 1.54. The SMILES string of the molecule is C=CCCCC(NN)C1C2C3CCC(C3)C21. The summed E-state index contributed by atoms with van der Waals surface area (Å²) in [4.78, 5) is 0. The molecule has 3 aliphatic carbocycles. The van der Waals surface area contributed by atoms with Crippen LogP contribution in [0.5, 0.6) is 0 Å². The molecule has 0 spiro atoms. The van der Waals surface area contributed by atoms with E-state index in [0.717, 1.165) is 36.0 Å². The lowest BCUT2D eigenvalue weighted by Gasteiger charge is -2.19. The number of hydrogen-bond donors (Lipinski definition) is 2. The number of hydrazine groups is 1. The molecule has 90 valence electrons. The zero-order valence-electron chi connectivity index (χ0n) is 10.1. The van der Waals surface area contributed by atoms with Gasteiger partial charge in [0.05, 0.1) is 0 Å². The summed E-state index contributed by atoms with van der Waals surface area (Å²) in [5.41, 5.74) is 3.09. The number of unbranched alkanes of at least 4 members (excludes halogenated alkanes) is 1. The van der Waals surface area contributed by atoms with Crippen LogP contribution in [0.3, 0.4) is 0 Å². The summed E-state index contributed by atoms with van der Waals surface area (Å²) in [6, 6.07) is 0.582. The molecule has 2 nitrogen and oxygen atoms in total. The molecule has 0 saturated heterocycles. The van der Waals surface area contributed by atoms with Crippen LogP contribution in [0.2, 0.25) is 0 Å². The molecule has 0 aromatic rings. The molecule has 5 unspecified atom stereocenters. The minimum Gasteiger partial charge on any atom is -0.271 e. The van der Waals surface area contributed by atoms with Gasteiger partial charge in [-0.25, -0.2) is 0 Å². The van der Waals surface area contributed by atoms with E-state index in [2.05, 4.69) is 12.0 Å². The summed E-state index contributed by atoms with van der Waals surface area (Å²) >= 11 is 0. The van der Waals surface area contributed by atoms with Crippen molar-refractivity contribution in [2.45, 2.75) is 44.6 Å². The van der Waals surface area contributed by atoms with Crippen molar-refractivity contribution < 1.29 is 0 Å². The van der Waals surface area contributed by atoms with Crippen molar-refractivity contribution in [2.75, 3.05) is 0 Å². The number of hydrogen-bond acceptors (Lipinski definition) is 2. The molecule has 2 bridgehead atoms. The van der Waals surface area contributed by atoms with Crippen LogP contribution >= 0.6 is 0 Å². The first kappa shape index (κ1) is 10.8. The first-order valence-corrected chi connectivity index (χ1v) is 6.94. The standard InChI is InChI=1S/C14H24N2/c1-2-3-4-5-11(16-15)14-12-9-6-7-10(8-9)13(12)14/h2,9-14,16H,1,3-8,15H2. The number of allylic oxidation sites excluding steroid dienone is 1. The van der Waals surface area contributed by atoms with Gasteiger partial charge in [0.2, 0.25) is 0 Å². The molecule has 0 heterocycles. The van der Waals surface area contributed by atoms with E-state index in [1.807, 2.05) is 6.08 Å². The fourth-order valence-electron chi connectivity index (χ4n) is 4.80. The van der Waals surface area contributed by atoms with Crippen LogP contribution in [0.1, 0.15) is 38.5 Å². The van der Waals surface area contributed by atoms with Gasteiger partial charge < -0.3 is 0 Å². The fraction of sp³-hybridized carbons (Fsp3) is 0.857. The van der Waals surface area contributed by atoms with Crippen molar-refractivity contribution >= 4 is 0 Å².